The van der Waals surface area contributed by atoms with E-state index in [2.05, 4.69) is 66.7 Å². The van der Waals surface area contributed by atoms with Crippen LogP contribution in [0.15, 0.2) is 36.4 Å². The monoisotopic (exact) mass is 446 g/mol. The van der Waals surface area contributed by atoms with Gasteiger partial charge in [-0.05, 0) is 102 Å². The summed E-state index contributed by atoms with van der Waals surface area (Å²) < 4.78 is 5.31. The van der Waals surface area contributed by atoms with Crippen molar-refractivity contribution < 1.29 is 9.53 Å². The Morgan fingerprint density at radius 3 is 2.00 bits per heavy atom. The molecular formula is C31H42O2. The van der Waals surface area contributed by atoms with Gasteiger partial charge in [0.2, 0.25) is 0 Å². The first kappa shape index (κ1) is 25.3. The van der Waals surface area contributed by atoms with E-state index in [0.29, 0.717) is 11.5 Å². The van der Waals surface area contributed by atoms with Crippen molar-refractivity contribution in [2.24, 2.45) is 5.92 Å². The highest BCUT2D eigenvalue weighted by molar-refractivity contribution is 5.90. The molecule has 0 N–H and O–H groups in total. The number of carbonyl (C=O) groups excluding carboxylic acids is 1. The fourth-order valence-corrected chi connectivity index (χ4v) is 4.96. The Labute approximate surface area is 201 Å². The molecular weight excluding hydrogens is 404 g/mol. The summed E-state index contributed by atoms with van der Waals surface area (Å²) in [6.45, 7) is 20.1. The summed E-state index contributed by atoms with van der Waals surface area (Å²) in [7, 11) is 0. The summed E-state index contributed by atoms with van der Waals surface area (Å²) in [5.41, 5.74) is 9.20. The van der Waals surface area contributed by atoms with Crippen molar-refractivity contribution in [1.82, 2.24) is 0 Å². The van der Waals surface area contributed by atoms with E-state index in [4.69, 9.17) is 4.74 Å². The zero-order chi connectivity index (χ0) is 24.6. The molecule has 178 valence electrons. The van der Waals surface area contributed by atoms with E-state index >= 15 is 0 Å². The molecule has 2 nitrogen and oxygen atoms in total. The molecule has 1 aliphatic carbocycles. The minimum absolute atomic E-state index is 0.114. The molecule has 0 heterocycles. The molecule has 0 unspecified atom stereocenters. The van der Waals surface area contributed by atoms with Crippen molar-refractivity contribution in [2.75, 3.05) is 0 Å². The lowest BCUT2D eigenvalue weighted by Gasteiger charge is -2.42. The van der Waals surface area contributed by atoms with E-state index in [1.165, 1.54) is 40.7 Å². The lowest BCUT2D eigenvalue weighted by atomic mass is 9.62. The summed E-state index contributed by atoms with van der Waals surface area (Å²) in [5, 5.41) is 0. The predicted octanol–water partition coefficient (Wildman–Crippen LogP) is 8.36. The SMILES string of the molecule is CC(=Cc1ccc(C(=O)OC(C)C)cc1)c1cc2c(cc1CC(C)C)C(C)(C)CCC2(C)C. The molecule has 0 aromatic heterocycles. The molecule has 2 aromatic rings. The molecule has 2 heteroatoms. The van der Waals surface area contributed by atoms with E-state index < -0.39 is 0 Å². The zero-order valence-corrected chi connectivity index (χ0v) is 22.1. The minimum atomic E-state index is -0.268. The van der Waals surface area contributed by atoms with Crippen LogP contribution in [0.25, 0.3) is 11.6 Å². The molecule has 0 bridgehead atoms. The summed E-state index contributed by atoms with van der Waals surface area (Å²) >= 11 is 0. The predicted molar refractivity (Wildman–Crippen MR) is 141 cm³/mol. The number of fused-ring (bicyclic) bond motifs is 1. The topological polar surface area (TPSA) is 26.3 Å². The first-order chi connectivity index (χ1) is 15.3. The standard InChI is InChI=1S/C31H42O2/c1-20(2)16-25-18-27-28(31(8,9)15-14-30(27,6)7)19-26(25)22(5)17-23-10-12-24(13-11-23)29(32)33-21(3)4/h10-13,17-21H,14-16H2,1-9H3. The van der Waals surface area contributed by atoms with Crippen LogP contribution in [0.4, 0.5) is 0 Å². The van der Waals surface area contributed by atoms with Crippen LogP contribution < -0.4 is 0 Å². The number of hydrogen-bond donors (Lipinski definition) is 0. The number of rotatable bonds is 6. The van der Waals surface area contributed by atoms with E-state index in [0.717, 1.165) is 12.0 Å². The second kappa shape index (κ2) is 9.49. The first-order valence-corrected chi connectivity index (χ1v) is 12.5. The van der Waals surface area contributed by atoms with Crippen molar-refractivity contribution in [3.05, 3.63) is 69.8 Å². The summed E-state index contributed by atoms with van der Waals surface area (Å²) in [6, 6.07) is 12.7. The molecule has 0 fully saturated rings. The Balaban J connectivity index is 2.03. The van der Waals surface area contributed by atoms with Crippen molar-refractivity contribution >= 4 is 17.6 Å². The highest BCUT2D eigenvalue weighted by atomic mass is 16.5. The summed E-state index contributed by atoms with van der Waals surface area (Å²) in [4.78, 5) is 12.2. The summed E-state index contributed by atoms with van der Waals surface area (Å²) in [5.74, 6) is 0.330. The molecule has 0 radical (unpaired) electrons. The molecule has 0 saturated heterocycles. The number of ether oxygens (including phenoxy) is 1. The fourth-order valence-electron chi connectivity index (χ4n) is 4.96. The van der Waals surface area contributed by atoms with Gasteiger partial charge in [0.25, 0.3) is 0 Å². The maximum atomic E-state index is 12.2. The van der Waals surface area contributed by atoms with Gasteiger partial charge in [0.05, 0.1) is 11.7 Å². The fraction of sp³-hybridized carbons (Fsp3) is 0.516. The normalized spacial score (nSPS) is 17.2. The number of esters is 1. The minimum Gasteiger partial charge on any atom is -0.459 e. The van der Waals surface area contributed by atoms with Crippen LogP contribution in [-0.4, -0.2) is 12.1 Å². The number of carbonyl (C=O) groups is 1. The van der Waals surface area contributed by atoms with Gasteiger partial charge in [-0.15, -0.1) is 0 Å². The molecule has 0 amide bonds. The molecule has 2 aromatic carbocycles. The Morgan fingerprint density at radius 2 is 1.48 bits per heavy atom. The van der Waals surface area contributed by atoms with Crippen LogP contribution in [0, 0.1) is 5.92 Å². The third-order valence-corrected chi connectivity index (χ3v) is 7.00. The Morgan fingerprint density at radius 1 is 0.939 bits per heavy atom. The molecule has 1 aliphatic rings. The van der Waals surface area contributed by atoms with Gasteiger partial charge in [0.15, 0.2) is 0 Å². The van der Waals surface area contributed by atoms with Crippen molar-refractivity contribution in [3.63, 3.8) is 0 Å². The van der Waals surface area contributed by atoms with E-state index in [-0.39, 0.29) is 22.9 Å². The maximum absolute atomic E-state index is 12.2. The van der Waals surface area contributed by atoms with E-state index in [9.17, 15) is 4.79 Å². The van der Waals surface area contributed by atoms with Crippen LogP contribution in [0.2, 0.25) is 0 Å². The first-order valence-electron chi connectivity index (χ1n) is 12.5. The van der Waals surface area contributed by atoms with Crippen LogP contribution in [0.1, 0.15) is 113 Å². The van der Waals surface area contributed by atoms with Crippen molar-refractivity contribution in [2.45, 2.75) is 98.5 Å². The molecule has 33 heavy (non-hydrogen) atoms. The zero-order valence-electron chi connectivity index (χ0n) is 22.1. The van der Waals surface area contributed by atoms with Gasteiger partial charge >= 0.3 is 5.97 Å². The van der Waals surface area contributed by atoms with Crippen LogP contribution in [-0.2, 0) is 22.0 Å². The van der Waals surface area contributed by atoms with Gasteiger partial charge in [-0.1, -0.05) is 71.9 Å². The Hall–Kier alpha value is -2.35. The lowest BCUT2D eigenvalue weighted by Crippen LogP contribution is -2.34. The van der Waals surface area contributed by atoms with Crippen molar-refractivity contribution in [1.29, 1.82) is 0 Å². The van der Waals surface area contributed by atoms with E-state index in [1.807, 2.05) is 38.1 Å². The maximum Gasteiger partial charge on any atom is 0.338 e. The average molecular weight is 447 g/mol. The molecule has 0 saturated carbocycles. The Kier molecular flexibility index (Phi) is 7.27. The highest BCUT2D eigenvalue weighted by Gasteiger charge is 2.37. The Bertz CT molecular complexity index is 1030. The van der Waals surface area contributed by atoms with Crippen molar-refractivity contribution in [3.8, 4) is 0 Å². The number of hydrogen-bond acceptors (Lipinski definition) is 2. The quantitative estimate of drug-likeness (QED) is 0.329. The summed E-state index contributed by atoms with van der Waals surface area (Å²) in [6.07, 6.45) is 5.64. The average Bonchev–Trinajstić information content (AvgIpc) is 2.70. The highest BCUT2D eigenvalue weighted by Crippen LogP contribution is 2.47. The largest absolute Gasteiger partial charge is 0.459 e. The number of allylic oxidation sites excluding steroid dienone is 1. The van der Waals surface area contributed by atoms with Crippen LogP contribution in [0.3, 0.4) is 0 Å². The van der Waals surface area contributed by atoms with Gasteiger partial charge in [0, 0.05) is 0 Å². The smallest absolute Gasteiger partial charge is 0.338 e. The third-order valence-electron chi connectivity index (χ3n) is 7.00. The second-order valence-electron chi connectivity index (χ2n) is 11.8. The van der Waals surface area contributed by atoms with Gasteiger partial charge in [0.1, 0.15) is 0 Å². The number of benzene rings is 2. The van der Waals surface area contributed by atoms with Crippen LogP contribution >= 0.6 is 0 Å². The van der Waals surface area contributed by atoms with Gasteiger partial charge in [-0.2, -0.15) is 0 Å². The van der Waals surface area contributed by atoms with Gasteiger partial charge < -0.3 is 4.74 Å². The lowest BCUT2D eigenvalue weighted by molar-refractivity contribution is 0.0378. The third kappa shape index (κ3) is 5.78. The van der Waals surface area contributed by atoms with Gasteiger partial charge in [-0.25, -0.2) is 4.79 Å². The molecule has 0 spiro atoms. The second-order valence-corrected chi connectivity index (χ2v) is 11.8. The van der Waals surface area contributed by atoms with E-state index in [1.54, 1.807) is 0 Å². The van der Waals surface area contributed by atoms with Crippen LogP contribution in [0.5, 0.6) is 0 Å². The molecule has 3 rings (SSSR count). The molecule has 0 aliphatic heterocycles. The van der Waals surface area contributed by atoms with Gasteiger partial charge in [-0.3, -0.25) is 0 Å². The molecule has 0 atom stereocenters.